The monoisotopic (exact) mass is 206 g/mol. The minimum absolute atomic E-state index is 0.0441. The third-order valence-electron chi connectivity index (χ3n) is 2.65. The molecule has 4 nitrogen and oxygen atoms in total. The minimum Gasteiger partial charge on any atom is -0.376 e. The summed E-state index contributed by atoms with van der Waals surface area (Å²) in [7, 11) is 0. The number of nitrogens with zero attached hydrogens (tertiary/aromatic N) is 1. The number of hydrogen-bond donors (Lipinski definition) is 2. The van der Waals surface area contributed by atoms with Crippen LogP contribution in [0.1, 0.15) is 11.1 Å². The van der Waals surface area contributed by atoms with Gasteiger partial charge in [-0.3, -0.25) is 9.69 Å². The first-order valence-electron chi connectivity index (χ1n) is 4.99. The van der Waals surface area contributed by atoms with Crippen molar-refractivity contribution in [3.05, 3.63) is 29.3 Å². The molecule has 0 bridgehead atoms. The van der Waals surface area contributed by atoms with Crippen LogP contribution in [0, 0.1) is 0 Å². The number of rotatable bonds is 3. The van der Waals surface area contributed by atoms with Crippen molar-refractivity contribution in [2.75, 3.05) is 18.2 Å². The van der Waals surface area contributed by atoms with Gasteiger partial charge in [0.05, 0.1) is 6.42 Å². The summed E-state index contributed by atoms with van der Waals surface area (Å²) in [6, 6.07) is 5.82. The number of aliphatic hydroxyl groups is 1. The maximum Gasteiger partial charge on any atom is 0.233 e. The van der Waals surface area contributed by atoms with Crippen LogP contribution in [0.25, 0.3) is 0 Å². The molecule has 1 aromatic carbocycles. The number of amides is 1. The Morgan fingerprint density at radius 2 is 2.27 bits per heavy atom. The molecule has 1 aliphatic rings. The second-order valence-electron chi connectivity index (χ2n) is 3.64. The average molecular weight is 206 g/mol. The quantitative estimate of drug-likeness (QED) is 0.733. The fourth-order valence-electron chi connectivity index (χ4n) is 1.91. The van der Waals surface area contributed by atoms with E-state index in [1.165, 1.54) is 4.90 Å². The first-order valence-corrected chi connectivity index (χ1v) is 4.99. The topological polar surface area (TPSA) is 66.6 Å². The van der Waals surface area contributed by atoms with Gasteiger partial charge in [-0.15, -0.1) is 0 Å². The zero-order valence-electron chi connectivity index (χ0n) is 8.44. The van der Waals surface area contributed by atoms with E-state index in [9.17, 15) is 4.79 Å². The normalized spacial score (nSPS) is 14.5. The first kappa shape index (κ1) is 10.1. The Hall–Kier alpha value is -1.39. The van der Waals surface area contributed by atoms with E-state index in [0.29, 0.717) is 13.0 Å². The number of benzene rings is 1. The molecule has 0 atom stereocenters. The molecule has 3 N–H and O–H groups in total. The molecule has 0 aromatic heterocycles. The number of anilines is 1. The van der Waals surface area contributed by atoms with Crippen molar-refractivity contribution < 1.29 is 9.90 Å². The fourth-order valence-corrected chi connectivity index (χ4v) is 1.91. The lowest BCUT2D eigenvalue weighted by Crippen LogP contribution is -2.27. The van der Waals surface area contributed by atoms with Crippen molar-refractivity contribution >= 4 is 11.6 Å². The molecule has 1 aromatic rings. The summed E-state index contributed by atoms with van der Waals surface area (Å²) in [5.74, 6) is -0.0441. The molecular weight excluding hydrogens is 192 g/mol. The van der Waals surface area contributed by atoms with E-state index in [0.717, 1.165) is 23.2 Å². The predicted molar refractivity (Wildman–Crippen MR) is 57.5 cm³/mol. The molecule has 0 saturated carbocycles. The Morgan fingerprint density at radius 3 is 2.93 bits per heavy atom. The highest BCUT2D eigenvalue weighted by atomic mass is 16.3. The molecule has 0 radical (unpaired) electrons. The van der Waals surface area contributed by atoms with Gasteiger partial charge in [-0.2, -0.15) is 0 Å². The van der Waals surface area contributed by atoms with E-state index in [4.69, 9.17) is 10.8 Å². The summed E-state index contributed by atoms with van der Waals surface area (Å²) in [5.41, 5.74) is 8.42. The predicted octanol–water partition coefficient (Wildman–Crippen LogP) is 0.0267. The number of carbonyl (C=O) groups is 1. The molecule has 0 aliphatic carbocycles. The Morgan fingerprint density at radius 1 is 1.47 bits per heavy atom. The molecule has 80 valence electrons. The van der Waals surface area contributed by atoms with Crippen LogP contribution >= 0.6 is 0 Å². The molecule has 0 spiro atoms. The van der Waals surface area contributed by atoms with Gasteiger partial charge in [0.15, 0.2) is 0 Å². The smallest absolute Gasteiger partial charge is 0.233 e. The maximum atomic E-state index is 11.5. The highest BCUT2D eigenvalue weighted by Gasteiger charge is 2.26. The molecule has 0 fully saturated rings. The van der Waals surface area contributed by atoms with Crippen LogP contribution in [0.3, 0.4) is 0 Å². The molecule has 15 heavy (non-hydrogen) atoms. The Balaban J connectivity index is 2.33. The van der Waals surface area contributed by atoms with Gasteiger partial charge in [0.1, 0.15) is 6.73 Å². The first-order chi connectivity index (χ1) is 7.26. The van der Waals surface area contributed by atoms with Crippen molar-refractivity contribution in [3.63, 3.8) is 0 Å². The van der Waals surface area contributed by atoms with Crippen molar-refractivity contribution in [2.24, 2.45) is 5.73 Å². The van der Waals surface area contributed by atoms with E-state index >= 15 is 0 Å². The largest absolute Gasteiger partial charge is 0.376 e. The van der Waals surface area contributed by atoms with E-state index in [-0.39, 0.29) is 12.6 Å². The molecule has 1 heterocycles. The van der Waals surface area contributed by atoms with Crippen molar-refractivity contribution in [1.29, 1.82) is 0 Å². The summed E-state index contributed by atoms with van der Waals surface area (Å²) < 4.78 is 0. The van der Waals surface area contributed by atoms with E-state index in [1.54, 1.807) is 0 Å². The van der Waals surface area contributed by atoms with Crippen molar-refractivity contribution in [3.8, 4) is 0 Å². The maximum absolute atomic E-state index is 11.5. The lowest BCUT2D eigenvalue weighted by Gasteiger charge is -2.13. The third-order valence-corrected chi connectivity index (χ3v) is 2.65. The SMILES string of the molecule is NCCc1ccc2c(c1)CC(=O)N2CO. The van der Waals surface area contributed by atoms with Crippen molar-refractivity contribution in [1.82, 2.24) is 0 Å². The zero-order chi connectivity index (χ0) is 10.8. The van der Waals surface area contributed by atoms with Crippen LogP contribution in [0.2, 0.25) is 0 Å². The molecule has 0 saturated heterocycles. The van der Waals surface area contributed by atoms with Crippen molar-refractivity contribution in [2.45, 2.75) is 12.8 Å². The Labute approximate surface area is 88.3 Å². The van der Waals surface area contributed by atoms with Gasteiger partial charge in [-0.25, -0.2) is 0 Å². The lowest BCUT2D eigenvalue weighted by atomic mass is 10.1. The third kappa shape index (κ3) is 1.73. The highest BCUT2D eigenvalue weighted by Crippen LogP contribution is 2.29. The average Bonchev–Trinajstić information content (AvgIpc) is 2.53. The molecule has 4 heteroatoms. The van der Waals surface area contributed by atoms with Gasteiger partial charge in [0.25, 0.3) is 0 Å². The van der Waals surface area contributed by atoms with E-state index < -0.39 is 0 Å². The summed E-state index contributed by atoms with van der Waals surface area (Å²) in [5, 5.41) is 9.04. The molecule has 2 rings (SSSR count). The molecule has 0 unspecified atom stereocenters. The Bertz CT molecular complexity index is 390. The summed E-state index contributed by atoms with van der Waals surface area (Å²) in [6.45, 7) is 0.360. The van der Waals surface area contributed by atoms with Gasteiger partial charge >= 0.3 is 0 Å². The number of fused-ring (bicyclic) bond motifs is 1. The zero-order valence-corrected chi connectivity index (χ0v) is 8.44. The van der Waals surface area contributed by atoms with E-state index in [2.05, 4.69) is 0 Å². The van der Waals surface area contributed by atoms with Crippen LogP contribution in [0.15, 0.2) is 18.2 Å². The fraction of sp³-hybridized carbons (Fsp3) is 0.364. The number of nitrogens with two attached hydrogens (primary N) is 1. The Kier molecular flexibility index (Phi) is 2.70. The highest BCUT2D eigenvalue weighted by molar-refractivity contribution is 6.01. The van der Waals surface area contributed by atoms with E-state index in [1.807, 2.05) is 18.2 Å². The van der Waals surface area contributed by atoms with Gasteiger partial charge in [-0.05, 0) is 30.2 Å². The second-order valence-corrected chi connectivity index (χ2v) is 3.64. The van der Waals surface area contributed by atoms with Gasteiger partial charge < -0.3 is 10.8 Å². The number of hydrogen-bond acceptors (Lipinski definition) is 3. The second kappa shape index (κ2) is 4.00. The van der Waals surface area contributed by atoms with Gasteiger partial charge in [-0.1, -0.05) is 12.1 Å². The molecule has 1 amide bonds. The van der Waals surface area contributed by atoms with Crippen LogP contribution in [-0.2, 0) is 17.6 Å². The molecule has 1 aliphatic heterocycles. The van der Waals surface area contributed by atoms with Crippen LogP contribution in [-0.4, -0.2) is 24.3 Å². The summed E-state index contributed by atoms with van der Waals surface area (Å²) in [4.78, 5) is 12.9. The van der Waals surface area contributed by atoms with Crippen LogP contribution in [0.5, 0.6) is 0 Å². The van der Waals surface area contributed by atoms with Crippen LogP contribution in [0.4, 0.5) is 5.69 Å². The number of carbonyl (C=O) groups excluding carboxylic acids is 1. The lowest BCUT2D eigenvalue weighted by molar-refractivity contribution is -0.118. The van der Waals surface area contributed by atoms with Crippen LogP contribution < -0.4 is 10.6 Å². The summed E-state index contributed by atoms with van der Waals surface area (Å²) >= 11 is 0. The minimum atomic E-state index is -0.248. The van der Waals surface area contributed by atoms with Gasteiger partial charge in [0, 0.05) is 5.69 Å². The number of aliphatic hydroxyl groups excluding tert-OH is 1. The standard InChI is InChI=1S/C11H14N2O2/c12-4-3-8-1-2-10-9(5-8)6-11(15)13(10)7-14/h1-2,5,14H,3-4,6-7,12H2. The summed E-state index contributed by atoms with van der Waals surface area (Å²) in [6.07, 6.45) is 1.20. The van der Waals surface area contributed by atoms with Gasteiger partial charge in [0.2, 0.25) is 5.91 Å². The molecular formula is C11H14N2O2.